The Morgan fingerprint density at radius 3 is 2.73 bits per heavy atom. The number of thiophene rings is 1. The van der Waals surface area contributed by atoms with Crippen molar-refractivity contribution in [2.45, 2.75) is 48.5 Å². The maximum Gasteiger partial charge on any atom is 0.306 e. The summed E-state index contributed by atoms with van der Waals surface area (Å²) in [5.74, 6) is -0.967. The van der Waals surface area contributed by atoms with Crippen LogP contribution in [0.2, 0.25) is 0 Å². The molecule has 0 radical (unpaired) electrons. The predicted octanol–water partition coefficient (Wildman–Crippen LogP) is 1.84. The average Bonchev–Trinajstić information content (AvgIpc) is 2.83. The highest BCUT2D eigenvalue weighted by Gasteiger charge is 2.48. The van der Waals surface area contributed by atoms with Gasteiger partial charge in [0.15, 0.2) is 0 Å². The lowest BCUT2D eigenvalue weighted by molar-refractivity contribution is -0.183. The van der Waals surface area contributed by atoms with Gasteiger partial charge in [-0.25, -0.2) is 8.42 Å². The molecule has 22 heavy (non-hydrogen) atoms. The summed E-state index contributed by atoms with van der Waals surface area (Å²) in [6.07, 6.45) is 1.82. The first-order valence-corrected chi connectivity index (χ1v) is 9.53. The summed E-state index contributed by atoms with van der Waals surface area (Å²) in [6.45, 7) is 2.29. The molecule has 1 N–H and O–H groups in total. The molecule has 1 aliphatic heterocycles. The predicted molar refractivity (Wildman–Crippen MR) is 81.5 cm³/mol. The van der Waals surface area contributed by atoms with Gasteiger partial charge in [0.1, 0.15) is 4.21 Å². The summed E-state index contributed by atoms with van der Waals surface area (Å²) in [5, 5.41) is 8.99. The lowest BCUT2D eigenvalue weighted by atomic mass is 9.79. The smallest absolute Gasteiger partial charge is 0.306 e. The van der Waals surface area contributed by atoms with Crippen molar-refractivity contribution in [1.29, 1.82) is 0 Å². The molecular weight excluding hydrogens is 326 g/mol. The van der Waals surface area contributed by atoms with E-state index in [1.165, 1.54) is 15.6 Å². The zero-order valence-corrected chi connectivity index (χ0v) is 14.0. The van der Waals surface area contributed by atoms with Crippen LogP contribution in [0.25, 0.3) is 0 Å². The van der Waals surface area contributed by atoms with Crippen LogP contribution in [0.15, 0.2) is 16.3 Å². The van der Waals surface area contributed by atoms with E-state index in [0.29, 0.717) is 10.8 Å². The molecular formula is C14H19NO5S2. The molecule has 122 valence electrons. The van der Waals surface area contributed by atoms with E-state index in [1.807, 2.05) is 6.92 Å². The molecule has 1 aromatic rings. The van der Waals surface area contributed by atoms with E-state index in [2.05, 4.69) is 0 Å². The van der Waals surface area contributed by atoms with Crippen LogP contribution in [0.1, 0.15) is 30.6 Å². The lowest BCUT2D eigenvalue weighted by Gasteiger charge is -2.50. The molecule has 1 aliphatic carbocycles. The summed E-state index contributed by atoms with van der Waals surface area (Å²) < 4.78 is 33.2. The summed E-state index contributed by atoms with van der Waals surface area (Å²) in [5.41, 5.74) is -0.488. The highest BCUT2D eigenvalue weighted by atomic mass is 32.2. The maximum absolute atomic E-state index is 12.8. The van der Waals surface area contributed by atoms with Gasteiger partial charge in [0.05, 0.1) is 18.1 Å². The van der Waals surface area contributed by atoms with Gasteiger partial charge in [0.2, 0.25) is 0 Å². The summed E-state index contributed by atoms with van der Waals surface area (Å²) >= 11 is 1.24. The average molecular weight is 345 g/mol. The zero-order valence-electron chi connectivity index (χ0n) is 12.3. The van der Waals surface area contributed by atoms with Gasteiger partial charge in [-0.05, 0) is 38.3 Å². The number of sulfonamides is 1. The number of hydrogen-bond acceptors (Lipinski definition) is 5. The van der Waals surface area contributed by atoms with Crippen molar-refractivity contribution < 1.29 is 23.1 Å². The Morgan fingerprint density at radius 2 is 2.23 bits per heavy atom. The number of aliphatic carboxylic acids is 1. The zero-order chi connectivity index (χ0) is 16.0. The number of hydrogen-bond donors (Lipinski definition) is 1. The first-order chi connectivity index (χ1) is 10.3. The Labute approximate surface area is 133 Å². The Bertz CT molecular complexity index is 677. The van der Waals surface area contributed by atoms with Crippen LogP contribution in [0.3, 0.4) is 0 Å². The second kappa shape index (κ2) is 5.59. The standard InChI is InChI=1S/C14H19NO5S2/c1-10-3-4-13(21-10)22(18,19)15-8-11(7-12(16)17)20-14(9-15)5-2-6-14/h3-4,11H,2,5-9H2,1H3,(H,16,17). The van der Waals surface area contributed by atoms with Crippen molar-refractivity contribution in [3.8, 4) is 0 Å². The SMILES string of the molecule is Cc1ccc(S(=O)(=O)N2CC(CC(=O)O)OC3(CCC3)C2)s1. The van der Waals surface area contributed by atoms with E-state index in [9.17, 15) is 13.2 Å². The number of nitrogens with zero attached hydrogens (tertiary/aromatic N) is 1. The summed E-state index contributed by atoms with van der Waals surface area (Å²) in [7, 11) is -3.58. The van der Waals surface area contributed by atoms with E-state index < -0.39 is 27.7 Å². The Balaban J connectivity index is 1.86. The third kappa shape index (κ3) is 2.92. The highest BCUT2D eigenvalue weighted by molar-refractivity contribution is 7.91. The van der Waals surface area contributed by atoms with E-state index >= 15 is 0 Å². The largest absolute Gasteiger partial charge is 0.481 e. The van der Waals surface area contributed by atoms with Crippen LogP contribution in [0.5, 0.6) is 0 Å². The van der Waals surface area contributed by atoms with Crippen LogP contribution >= 0.6 is 11.3 Å². The molecule has 2 heterocycles. The van der Waals surface area contributed by atoms with Crippen LogP contribution in [-0.4, -0.2) is 48.6 Å². The van der Waals surface area contributed by atoms with Crippen molar-refractivity contribution in [1.82, 2.24) is 4.31 Å². The van der Waals surface area contributed by atoms with Crippen LogP contribution in [0, 0.1) is 6.92 Å². The first kappa shape index (κ1) is 15.9. The molecule has 1 atom stereocenters. The fourth-order valence-corrected chi connectivity index (χ4v) is 6.03. The fraction of sp³-hybridized carbons (Fsp3) is 0.643. The Hall–Kier alpha value is -0.960. The normalized spacial score (nSPS) is 25.0. The molecule has 1 aromatic heterocycles. The minimum absolute atomic E-state index is 0.104. The third-order valence-electron chi connectivity index (χ3n) is 4.27. The third-order valence-corrected chi connectivity index (χ3v) is 7.55. The van der Waals surface area contributed by atoms with Gasteiger partial charge in [-0.1, -0.05) is 0 Å². The molecule has 1 spiro atoms. The molecule has 6 nitrogen and oxygen atoms in total. The Kier molecular flexibility index (Phi) is 4.05. The molecule has 1 saturated carbocycles. The van der Waals surface area contributed by atoms with Gasteiger partial charge >= 0.3 is 5.97 Å². The number of carbonyl (C=O) groups is 1. The molecule has 0 aromatic carbocycles. The summed E-state index contributed by atoms with van der Waals surface area (Å²) in [6, 6.07) is 3.40. The van der Waals surface area contributed by atoms with Crippen LogP contribution in [-0.2, 0) is 19.6 Å². The van der Waals surface area contributed by atoms with Crippen molar-refractivity contribution >= 4 is 27.3 Å². The molecule has 2 aliphatic rings. The number of carboxylic acid groups (broad SMARTS) is 1. The molecule has 0 bridgehead atoms. The highest BCUT2D eigenvalue weighted by Crippen LogP contribution is 2.42. The molecule has 1 unspecified atom stereocenters. The quantitative estimate of drug-likeness (QED) is 0.900. The topological polar surface area (TPSA) is 83.9 Å². The molecule has 0 amide bonds. The second-order valence-electron chi connectivity index (χ2n) is 6.04. The fourth-order valence-electron chi connectivity index (χ4n) is 3.05. The van der Waals surface area contributed by atoms with E-state index in [0.717, 1.165) is 24.1 Å². The van der Waals surface area contributed by atoms with Crippen LogP contribution in [0.4, 0.5) is 0 Å². The maximum atomic E-state index is 12.8. The lowest BCUT2D eigenvalue weighted by Crippen LogP contribution is -2.60. The van der Waals surface area contributed by atoms with Gasteiger partial charge in [-0.3, -0.25) is 4.79 Å². The van der Waals surface area contributed by atoms with Crippen LogP contribution < -0.4 is 0 Å². The van der Waals surface area contributed by atoms with E-state index in [1.54, 1.807) is 12.1 Å². The Morgan fingerprint density at radius 1 is 1.50 bits per heavy atom. The number of ether oxygens (including phenoxy) is 1. The molecule has 1 saturated heterocycles. The number of aryl methyl sites for hydroxylation is 1. The number of morpholine rings is 1. The van der Waals surface area contributed by atoms with Gasteiger partial charge in [-0.2, -0.15) is 4.31 Å². The van der Waals surface area contributed by atoms with Crippen molar-refractivity contribution in [2.24, 2.45) is 0 Å². The first-order valence-electron chi connectivity index (χ1n) is 7.27. The second-order valence-corrected chi connectivity index (χ2v) is 9.49. The van der Waals surface area contributed by atoms with Crippen molar-refractivity contribution in [3.05, 3.63) is 17.0 Å². The minimum Gasteiger partial charge on any atom is -0.481 e. The molecule has 8 heteroatoms. The van der Waals surface area contributed by atoms with E-state index in [-0.39, 0.29) is 13.0 Å². The van der Waals surface area contributed by atoms with Gasteiger partial charge in [0, 0.05) is 18.0 Å². The monoisotopic (exact) mass is 345 g/mol. The van der Waals surface area contributed by atoms with Gasteiger partial charge in [-0.15, -0.1) is 11.3 Å². The van der Waals surface area contributed by atoms with Gasteiger partial charge in [0.25, 0.3) is 10.0 Å². The van der Waals surface area contributed by atoms with Crippen molar-refractivity contribution in [2.75, 3.05) is 13.1 Å². The number of rotatable bonds is 4. The number of carboxylic acids is 1. The molecule has 2 fully saturated rings. The summed E-state index contributed by atoms with van der Waals surface area (Å²) in [4.78, 5) is 11.9. The minimum atomic E-state index is -3.58. The van der Waals surface area contributed by atoms with Crippen molar-refractivity contribution in [3.63, 3.8) is 0 Å². The van der Waals surface area contributed by atoms with E-state index in [4.69, 9.17) is 9.84 Å². The van der Waals surface area contributed by atoms with Gasteiger partial charge < -0.3 is 9.84 Å². The molecule has 3 rings (SSSR count).